The predicted octanol–water partition coefficient (Wildman–Crippen LogP) is 6.51. The van der Waals surface area contributed by atoms with E-state index in [0.717, 1.165) is 5.92 Å². The first-order chi connectivity index (χ1) is 9.38. The lowest BCUT2D eigenvalue weighted by Crippen LogP contribution is -1.99. The fraction of sp³-hybridized carbons (Fsp3) is 0.684. The molecule has 0 saturated heterocycles. The molecule has 0 aromatic heterocycles. The highest BCUT2D eigenvalue weighted by Crippen LogP contribution is 2.28. The molecule has 0 aliphatic carbocycles. The van der Waals surface area contributed by atoms with Crippen LogP contribution in [0.25, 0.3) is 0 Å². The summed E-state index contributed by atoms with van der Waals surface area (Å²) in [6, 6.07) is 11.8. The molecule has 0 aliphatic rings. The smallest absolute Gasteiger partial charge is 0.0162 e. The third-order valence-corrected chi connectivity index (χ3v) is 4.03. The van der Waals surface area contributed by atoms with Gasteiger partial charge in [-0.05, 0) is 30.4 Å². The Balaban J connectivity index is 2.39. The Labute approximate surface area is 120 Å². The summed E-state index contributed by atoms with van der Waals surface area (Å²) in [6.07, 6.45) is 13.8. The molecule has 1 aromatic carbocycles. The second kappa shape index (κ2) is 11.1. The van der Waals surface area contributed by atoms with Crippen LogP contribution in [-0.4, -0.2) is 0 Å². The highest BCUT2D eigenvalue weighted by molar-refractivity contribution is 5.18. The zero-order valence-corrected chi connectivity index (χ0v) is 13.0. The van der Waals surface area contributed by atoms with Gasteiger partial charge in [0.2, 0.25) is 0 Å². The molecule has 1 aromatic rings. The summed E-state index contributed by atoms with van der Waals surface area (Å²) in [4.78, 5) is 0. The van der Waals surface area contributed by atoms with Gasteiger partial charge in [0.1, 0.15) is 0 Å². The molecule has 0 aliphatic heterocycles. The topological polar surface area (TPSA) is 0 Å². The predicted molar refractivity (Wildman–Crippen MR) is 85.5 cm³/mol. The van der Waals surface area contributed by atoms with E-state index in [0.29, 0.717) is 0 Å². The summed E-state index contributed by atoms with van der Waals surface area (Å²) in [5, 5.41) is 0. The Morgan fingerprint density at radius 3 is 1.79 bits per heavy atom. The molecule has 107 valence electrons. The van der Waals surface area contributed by atoms with Crippen LogP contribution < -0.4 is 0 Å². The van der Waals surface area contributed by atoms with Crippen LogP contribution in [0.4, 0.5) is 0 Å². The molecule has 0 heterocycles. The molecular weight excluding hydrogens is 228 g/mol. The van der Waals surface area contributed by atoms with Crippen molar-refractivity contribution in [3.05, 3.63) is 35.9 Å². The van der Waals surface area contributed by atoms with Crippen molar-refractivity contribution in [2.45, 2.75) is 84.0 Å². The van der Waals surface area contributed by atoms with Gasteiger partial charge in [0.25, 0.3) is 0 Å². The van der Waals surface area contributed by atoms with Gasteiger partial charge in [-0.3, -0.25) is 0 Å². The summed E-state index contributed by atoms with van der Waals surface area (Å²) in [5.74, 6) is 0.781. The molecule has 0 N–H and O–H groups in total. The van der Waals surface area contributed by atoms with Crippen LogP contribution in [0.2, 0.25) is 0 Å². The number of hydrogen-bond donors (Lipinski definition) is 0. The Bertz CT molecular complexity index is 276. The van der Waals surface area contributed by atoms with Crippen molar-refractivity contribution in [2.24, 2.45) is 0 Å². The first-order valence-electron chi connectivity index (χ1n) is 8.34. The van der Waals surface area contributed by atoms with Gasteiger partial charge in [-0.1, -0.05) is 89.5 Å². The van der Waals surface area contributed by atoms with Crippen molar-refractivity contribution in [1.82, 2.24) is 0 Å². The van der Waals surface area contributed by atoms with E-state index >= 15 is 0 Å². The molecule has 0 bridgehead atoms. The minimum absolute atomic E-state index is 0.781. The second-order valence-electron chi connectivity index (χ2n) is 5.73. The normalized spacial score (nSPS) is 11.1. The van der Waals surface area contributed by atoms with Crippen molar-refractivity contribution in [3.63, 3.8) is 0 Å². The largest absolute Gasteiger partial charge is 0.0654 e. The van der Waals surface area contributed by atoms with E-state index < -0.39 is 0 Å². The molecule has 0 fully saturated rings. The average molecular weight is 259 g/mol. The fourth-order valence-electron chi connectivity index (χ4n) is 2.78. The second-order valence-corrected chi connectivity index (χ2v) is 5.73. The van der Waals surface area contributed by atoms with Crippen LogP contribution in [0.15, 0.2) is 24.3 Å². The van der Waals surface area contributed by atoms with Crippen molar-refractivity contribution >= 4 is 0 Å². The Hall–Kier alpha value is -0.780. The lowest BCUT2D eigenvalue weighted by molar-refractivity contribution is 0.496. The molecule has 0 unspecified atom stereocenters. The van der Waals surface area contributed by atoms with Gasteiger partial charge in [0.15, 0.2) is 0 Å². The molecule has 19 heavy (non-hydrogen) atoms. The number of benzene rings is 1. The first-order valence-corrected chi connectivity index (χ1v) is 8.34. The van der Waals surface area contributed by atoms with E-state index in [1.165, 1.54) is 69.8 Å². The quantitative estimate of drug-likeness (QED) is 0.397. The Kier molecular flexibility index (Phi) is 9.49. The van der Waals surface area contributed by atoms with Gasteiger partial charge in [-0.15, -0.1) is 0 Å². The number of rotatable bonds is 11. The summed E-state index contributed by atoms with van der Waals surface area (Å²) in [5.41, 5.74) is 1.53. The standard InChI is InChI=1S/C19H31/c1-3-5-7-10-14-18(15-11-8-6-4-2)19-16-12-9-13-17-19/h12-13,16-18H,3-8,10-11,14-15H2,1-2H3. The molecule has 0 saturated carbocycles. The summed E-state index contributed by atoms with van der Waals surface area (Å²) in [7, 11) is 0. The molecular formula is C19H31. The van der Waals surface area contributed by atoms with Crippen LogP contribution in [0, 0.1) is 6.07 Å². The van der Waals surface area contributed by atoms with Crippen molar-refractivity contribution in [3.8, 4) is 0 Å². The summed E-state index contributed by atoms with van der Waals surface area (Å²) < 4.78 is 0. The van der Waals surface area contributed by atoms with Crippen LogP contribution in [0.1, 0.15) is 89.5 Å². The molecule has 1 rings (SSSR count). The van der Waals surface area contributed by atoms with Gasteiger partial charge in [0.05, 0.1) is 0 Å². The van der Waals surface area contributed by atoms with E-state index in [9.17, 15) is 0 Å². The third-order valence-electron chi connectivity index (χ3n) is 4.03. The Morgan fingerprint density at radius 1 is 0.789 bits per heavy atom. The summed E-state index contributed by atoms with van der Waals surface area (Å²) >= 11 is 0. The van der Waals surface area contributed by atoms with Crippen LogP contribution >= 0.6 is 0 Å². The monoisotopic (exact) mass is 259 g/mol. The van der Waals surface area contributed by atoms with E-state index in [4.69, 9.17) is 0 Å². The van der Waals surface area contributed by atoms with Gasteiger partial charge < -0.3 is 0 Å². The molecule has 0 atom stereocenters. The average Bonchev–Trinajstić information content (AvgIpc) is 2.46. The molecule has 0 spiro atoms. The SMILES string of the molecule is CCCCCCC(CCCCCC)c1cc[c]cc1. The highest BCUT2D eigenvalue weighted by Gasteiger charge is 2.10. The number of hydrogen-bond acceptors (Lipinski definition) is 0. The minimum Gasteiger partial charge on any atom is -0.0654 e. The summed E-state index contributed by atoms with van der Waals surface area (Å²) in [6.45, 7) is 4.57. The molecule has 0 amide bonds. The van der Waals surface area contributed by atoms with E-state index in [1.807, 2.05) is 0 Å². The minimum atomic E-state index is 0.781. The van der Waals surface area contributed by atoms with E-state index in [-0.39, 0.29) is 0 Å². The van der Waals surface area contributed by atoms with Crippen LogP contribution in [-0.2, 0) is 0 Å². The molecule has 1 radical (unpaired) electrons. The Morgan fingerprint density at radius 2 is 1.32 bits per heavy atom. The van der Waals surface area contributed by atoms with Gasteiger partial charge in [-0.2, -0.15) is 0 Å². The van der Waals surface area contributed by atoms with E-state index in [1.54, 1.807) is 0 Å². The van der Waals surface area contributed by atoms with Crippen molar-refractivity contribution in [1.29, 1.82) is 0 Å². The maximum Gasteiger partial charge on any atom is -0.0162 e. The third kappa shape index (κ3) is 7.40. The van der Waals surface area contributed by atoms with Gasteiger partial charge >= 0.3 is 0 Å². The highest BCUT2D eigenvalue weighted by atomic mass is 14.2. The number of unbranched alkanes of at least 4 members (excludes halogenated alkanes) is 6. The van der Waals surface area contributed by atoms with Gasteiger partial charge in [-0.25, -0.2) is 0 Å². The molecule has 0 nitrogen and oxygen atoms in total. The maximum atomic E-state index is 3.14. The zero-order valence-electron chi connectivity index (χ0n) is 13.0. The van der Waals surface area contributed by atoms with Gasteiger partial charge in [0, 0.05) is 0 Å². The van der Waals surface area contributed by atoms with Crippen molar-refractivity contribution in [2.75, 3.05) is 0 Å². The van der Waals surface area contributed by atoms with E-state index in [2.05, 4.69) is 44.2 Å². The van der Waals surface area contributed by atoms with Crippen LogP contribution in [0.3, 0.4) is 0 Å². The maximum absolute atomic E-state index is 3.14. The zero-order chi connectivity index (χ0) is 13.8. The lowest BCUT2D eigenvalue weighted by atomic mass is 9.88. The molecule has 0 heteroatoms. The first kappa shape index (κ1) is 16.3. The van der Waals surface area contributed by atoms with Crippen LogP contribution in [0.5, 0.6) is 0 Å². The lowest BCUT2D eigenvalue weighted by Gasteiger charge is -2.17. The fourth-order valence-corrected chi connectivity index (χ4v) is 2.78. The van der Waals surface area contributed by atoms with Crippen molar-refractivity contribution < 1.29 is 0 Å².